The van der Waals surface area contributed by atoms with Crippen LogP contribution < -0.4 is 0 Å². The van der Waals surface area contributed by atoms with Crippen LogP contribution in [0.15, 0.2) is 29.2 Å². The summed E-state index contributed by atoms with van der Waals surface area (Å²) in [6.45, 7) is 7.88. The lowest BCUT2D eigenvalue weighted by molar-refractivity contribution is 0.411. The van der Waals surface area contributed by atoms with Crippen LogP contribution >= 0.6 is 0 Å². The molecule has 0 spiro atoms. The molecule has 90 valence electrons. The van der Waals surface area contributed by atoms with Crippen molar-refractivity contribution in [2.45, 2.75) is 39.0 Å². The van der Waals surface area contributed by atoms with E-state index in [0.29, 0.717) is 5.75 Å². The molecule has 16 heavy (non-hydrogen) atoms. The molecular formula is C14H22OS. The molecule has 1 aromatic carbocycles. The summed E-state index contributed by atoms with van der Waals surface area (Å²) >= 11 is 0. The van der Waals surface area contributed by atoms with Gasteiger partial charge >= 0.3 is 0 Å². The molecule has 0 aromatic heterocycles. The lowest BCUT2D eigenvalue weighted by atomic mass is 9.96. The van der Waals surface area contributed by atoms with Gasteiger partial charge in [-0.3, -0.25) is 4.21 Å². The second-order valence-corrected chi connectivity index (χ2v) is 6.00. The number of hydrogen-bond acceptors (Lipinski definition) is 1. The summed E-state index contributed by atoms with van der Waals surface area (Å²) in [5, 5.41) is 0. The molecule has 0 radical (unpaired) electrons. The highest BCUT2D eigenvalue weighted by atomic mass is 32.2. The normalized spacial score (nSPS) is 16.6. The van der Waals surface area contributed by atoms with Crippen molar-refractivity contribution in [1.29, 1.82) is 0 Å². The minimum Gasteiger partial charge on any atom is -0.254 e. The SMILES string of the molecule is [2H]C(C)(C)[C@@H](CC)C[S@@](=O)c1ccc(C)cc1. The molecule has 0 aliphatic rings. The maximum atomic E-state index is 12.2. The summed E-state index contributed by atoms with van der Waals surface area (Å²) in [5.41, 5.74) is 1.18. The first kappa shape index (κ1) is 11.8. The highest BCUT2D eigenvalue weighted by Gasteiger charge is 2.15. The van der Waals surface area contributed by atoms with Crippen LogP contribution in [-0.4, -0.2) is 9.96 Å². The first-order chi connectivity index (χ1) is 7.84. The molecule has 0 amide bonds. The second kappa shape index (κ2) is 6.19. The van der Waals surface area contributed by atoms with E-state index in [1.165, 1.54) is 5.56 Å². The van der Waals surface area contributed by atoms with Crippen LogP contribution in [0.2, 0.25) is 0 Å². The number of hydrogen-bond donors (Lipinski definition) is 0. The lowest BCUT2D eigenvalue weighted by Gasteiger charge is -2.18. The minimum absolute atomic E-state index is 0.171. The molecule has 0 N–H and O–H groups in total. The van der Waals surface area contributed by atoms with Gasteiger partial charge in [0.05, 0.1) is 10.8 Å². The number of aryl methyl sites for hydroxylation is 1. The van der Waals surface area contributed by atoms with Gasteiger partial charge in [0.15, 0.2) is 0 Å². The Labute approximate surface area is 103 Å². The van der Waals surface area contributed by atoms with Gasteiger partial charge in [-0.15, -0.1) is 0 Å². The first-order valence-electron chi connectivity index (χ1n) is 6.29. The maximum Gasteiger partial charge on any atom is 0.0532 e. The zero-order chi connectivity index (χ0) is 13.1. The largest absolute Gasteiger partial charge is 0.254 e. The van der Waals surface area contributed by atoms with Gasteiger partial charge in [0.1, 0.15) is 0 Å². The molecule has 1 rings (SSSR count). The molecule has 0 fully saturated rings. The summed E-state index contributed by atoms with van der Waals surface area (Å²) in [7, 11) is -0.988. The Kier molecular flexibility index (Phi) is 4.58. The third-order valence-corrected chi connectivity index (χ3v) is 4.45. The Bertz CT molecular complexity index is 378. The van der Waals surface area contributed by atoms with Crippen molar-refractivity contribution in [3.05, 3.63) is 29.8 Å². The van der Waals surface area contributed by atoms with Gasteiger partial charge in [0.2, 0.25) is 0 Å². The molecule has 0 aliphatic carbocycles. The summed E-state index contributed by atoms with van der Waals surface area (Å²) < 4.78 is 20.2. The van der Waals surface area contributed by atoms with Crippen molar-refractivity contribution in [3.63, 3.8) is 0 Å². The molecule has 1 aromatic rings. The standard InChI is InChI=1S/C14H22OS/c1-5-13(11(2)3)10-16(15)14-8-6-12(4)7-9-14/h6-9,11,13H,5,10H2,1-4H3/t13-,16+/m0/s1/i11D. The van der Waals surface area contributed by atoms with E-state index in [1.54, 1.807) is 0 Å². The highest BCUT2D eigenvalue weighted by molar-refractivity contribution is 7.85. The van der Waals surface area contributed by atoms with E-state index in [1.807, 2.05) is 45.0 Å². The Balaban J connectivity index is 2.75. The predicted octanol–water partition coefficient (Wildman–Crippen LogP) is 3.78. The van der Waals surface area contributed by atoms with Gasteiger partial charge in [0, 0.05) is 12.0 Å². The van der Waals surface area contributed by atoms with E-state index in [0.717, 1.165) is 11.3 Å². The van der Waals surface area contributed by atoms with Crippen LogP contribution in [0.25, 0.3) is 0 Å². The van der Waals surface area contributed by atoms with Gasteiger partial charge in [-0.2, -0.15) is 0 Å². The fourth-order valence-electron chi connectivity index (χ4n) is 1.66. The topological polar surface area (TPSA) is 17.1 Å². The Morgan fingerprint density at radius 2 is 1.88 bits per heavy atom. The van der Waals surface area contributed by atoms with Crippen molar-refractivity contribution >= 4 is 10.8 Å². The van der Waals surface area contributed by atoms with E-state index < -0.39 is 16.7 Å². The fourth-order valence-corrected chi connectivity index (χ4v) is 3.23. The zero-order valence-electron chi connectivity index (χ0n) is 11.6. The Morgan fingerprint density at radius 3 is 2.31 bits per heavy atom. The summed E-state index contributed by atoms with van der Waals surface area (Å²) in [6.07, 6.45) is 0.897. The molecule has 2 atom stereocenters. The van der Waals surface area contributed by atoms with E-state index >= 15 is 0 Å². The molecule has 0 heterocycles. The van der Waals surface area contributed by atoms with Crippen LogP contribution in [0.1, 0.15) is 34.1 Å². The zero-order valence-corrected chi connectivity index (χ0v) is 11.4. The summed E-state index contributed by atoms with van der Waals surface area (Å²) in [5.74, 6) is 0.232. The predicted molar refractivity (Wildman–Crippen MR) is 71.1 cm³/mol. The lowest BCUT2D eigenvalue weighted by Crippen LogP contribution is -2.16. The average Bonchev–Trinajstić information content (AvgIpc) is 2.24. The third kappa shape index (κ3) is 3.75. The van der Waals surface area contributed by atoms with Crippen LogP contribution in [0.4, 0.5) is 0 Å². The quantitative estimate of drug-likeness (QED) is 0.764. The Hall–Kier alpha value is -0.630. The van der Waals surface area contributed by atoms with Gasteiger partial charge in [0.25, 0.3) is 0 Å². The van der Waals surface area contributed by atoms with E-state index in [-0.39, 0.29) is 5.92 Å². The monoisotopic (exact) mass is 239 g/mol. The summed E-state index contributed by atoms with van der Waals surface area (Å²) in [6, 6.07) is 7.82. The molecule has 0 saturated heterocycles. The van der Waals surface area contributed by atoms with Crippen LogP contribution in [0.3, 0.4) is 0 Å². The molecule has 0 aliphatic heterocycles. The molecule has 1 nitrogen and oxygen atoms in total. The van der Waals surface area contributed by atoms with E-state index in [9.17, 15) is 4.21 Å². The molecule has 0 unspecified atom stereocenters. The van der Waals surface area contributed by atoms with Gasteiger partial charge in [-0.25, -0.2) is 0 Å². The van der Waals surface area contributed by atoms with Crippen LogP contribution in [0, 0.1) is 18.7 Å². The molecule has 0 saturated carbocycles. The highest BCUT2D eigenvalue weighted by Crippen LogP contribution is 2.19. The Morgan fingerprint density at radius 1 is 1.31 bits per heavy atom. The summed E-state index contributed by atoms with van der Waals surface area (Å²) in [4.78, 5) is 0.873. The average molecular weight is 239 g/mol. The van der Waals surface area contributed by atoms with Crippen LogP contribution in [-0.2, 0) is 10.8 Å². The van der Waals surface area contributed by atoms with Crippen molar-refractivity contribution in [2.75, 3.05) is 5.75 Å². The number of benzene rings is 1. The number of rotatable bonds is 5. The fraction of sp³-hybridized carbons (Fsp3) is 0.571. The van der Waals surface area contributed by atoms with Crippen molar-refractivity contribution in [3.8, 4) is 0 Å². The van der Waals surface area contributed by atoms with Gasteiger partial charge < -0.3 is 0 Å². The third-order valence-electron chi connectivity index (χ3n) is 2.95. The first-order valence-corrected chi connectivity index (χ1v) is 7.11. The molecular weight excluding hydrogens is 216 g/mol. The van der Waals surface area contributed by atoms with Crippen molar-refractivity contribution in [2.24, 2.45) is 11.8 Å². The van der Waals surface area contributed by atoms with Crippen molar-refractivity contribution < 1.29 is 5.58 Å². The van der Waals surface area contributed by atoms with E-state index in [2.05, 4.69) is 6.92 Å². The van der Waals surface area contributed by atoms with Crippen molar-refractivity contribution in [1.82, 2.24) is 0 Å². The minimum atomic E-state index is -0.988. The van der Waals surface area contributed by atoms with Gasteiger partial charge in [-0.05, 0) is 30.9 Å². The second-order valence-electron chi connectivity index (χ2n) is 4.51. The molecule has 2 heteroatoms. The molecule has 0 bridgehead atoms. The smallest absolute Gasteiger partial charge is 0.0532 e. The maximum absolute atomic E-state index is 12.2. The van der Waals surface area contributed by atoms with Crippen LogP contribution in [0.5, 0.6) is 0 Å². The van der Waals surface area contributed by atoms with Gasteiger partial charge in [-0.1, -0.05) is 44.9 Å². The van der Waals surface area contributed by atoms with E-state index in [4.69, 9.17) is 1.37 Å².